The van der Waals surface area contributed by atoms with Gasteiger partial charge in [-0.15, -0.1) is 11.3 Å². The smallest absolute Gasteiger partial charge is 0.459 e. The number of thiazole rings is 1. The average Bonchev–Trinajstić information content (AvgIpc) is 3.04. The summed E-state index contributed by atoms with van der Waals surface area (Å²) in [5, 5.41) is 7.38. The van der Waals surface area contributed by atoms with Crippen LogP contribution in [0.3, 0.4) is 0 Å². The van der Waals surface area contributed by atoms with Crippen molar-refractivity contribution >= 4 is 23.2 Å². The molecule has 0 saturated heterocycles. The highest BCUT2D eigenvalue weighted by atomic mass is 32.1. The summed E-state index contributed by atoms with van der Waals surface area (Å²) in [4.78, 5) is 23.5. The van der Waals surface area contributed by atoms with Gasteiger partial charge in [0, 0.05) is 5.56 Å². The van der Waals surface area contributed by atoms with E-state index in [9.17, 15) is 57.9 Å². The molecule has 176 valence electrons. The Kier molecular flexibility index (Phi) is 5.97. The molecule has 0 aliphatic carbocycles. The van der Waals surface area contributed by atoms with Gasteiger partial charge in [0.2, 0.25) is 5.91 Å². The number of hydrogen-bond acceptors (Lipinski definition) is 4. The number of alkyl halides is 11. The molecule has 0 bridgehead atoms. The number of amides is 1. The van der Waals surface area contributed by atoms with E-state index in [2.05, 4.69) is 4.98 Å². The summed E-state index contributed by atoms with van der Waals surface area (Å²) in [6.07, 6.45) is -17.6. The minimum absolute atomic E-state index is 0.198. The van der Waals surface area contributed by atoms with Crippen LogP contribution in [-0.2, 0) is 18.3 Å². The van der Waals surface area contributed by atoms with Crippen LogP contribution < -0.4 is 5.73 Å². The van der Waals surface area contributed by atoms with E-state index in [1.54, 1.807) is 0 Å². The van der Waals surface area contributed by atoms with Crippen molar-refractivity contribution in [2.24, 2.45) is 5.73 Å². The summed E-state index contributed by atoms with van der Waals surface area (Å²) in [6, 6.07) is -0.749. The molecule has 32 heavy (non-hydrogen) atoms. The monoisotopic (exact) mass is 502 g/mol. The van der Waals surface area contributed by atoms with Gasteiger partial charge in [0.25, 0.3) is 0 Å². The maximum Gasteiger partial charge on any atom is 0.459 e. The number of carboxylic acid groups (broad SMARTS) is 1. The van der Waals surface area contributed by atoms with E-state index < -0.39 is 91.6 Å². The molecule has 1 heterocycles. The predicted molar refractivity (Wildman–Crippen MR) is 83.0 cm³/mol. The molecular weight excluding hydrogens is 497 g/mol. The molecule has 3 N–H and O–H groups in total. The zero-order valence-electron chi connectivity index (χ0n) is 14.5. The number of carboxylic acids is 1. The predicted octanol–water partition coefficient (Wildman–Crippen LogP) is 5.30. The number of primary amides is 1. The first-order chi connectivity index (χ1) is 14.2. The zero-order valence-corrected chi connectivity index (χ0v) is 15.3. The summed E-state index contributed by atoms with van der Waals surface area (Å²) < 4.78 is 145. The van der Waals surface area contributed by atoms with E-state index in [1.165, 1.54) is 0 Å². The topological polar surface area (TPSA) is 93.3 Å². The lowest BCUT2D eigenvalue weighted by atomic mass is 9.96. The quantitative estimate of drug-likeness (QED) is 0.556. The molecule has 0 saturated carbocycles. The Labute approximate surface area is 172 Å². The Bertz CT molecular complexity index is 1080. The number of carbonyl (C=O) groups is 2. The fraction of sp³-hybridized carbons (Fsp3) is 0.267. The first-order valence-corrected chi connectivity index (χ1v) is 8.33. The van der Waals surface area contributed by atoms with Gasteiger partial charge in [-0.1, -0.05) is 0 Å². The SMILES string of the molecule is NC(=O)c1cc(C(F)(F)F)cc(C(F)(F)F)c1-c1nc(C(F)(F)C(F)(F)F)c(C(=O)O)s1. The van der Waals surface area contributed by atoms with Crippen LogP contribution in [0.5, 0.6) is 0 Å². The van der Waals surface area contributed by atoms with Crippen molar-refractivity contribution in [3.8, 4) is 10.6 Å². The van der Waals surface area contributed by atoms with Gasteiger partial charge in [0.05, 0.1) is 16.7 Å². The molecule has 2 rings (SSSR count). The van der Waals surface area contributed by atoms with Crippen LogP contribution in [0.25, 0.3) is 10.6 Å². The Morgan fingerprint density at radius 2 is 1.44 bits per heavy atom. The van der Waals surface area contributed by atoms with Crippen molar-refractivity contribution in [1.29, 1.82) is 0 Å². The zero-order chi connectivity index (χ0) is 25.0. The van der Waals surface area contributed by atoms with Gasteiger partial charge >= 0.3 is 30.4 Å². The van der Waals surface area contributed by atoms with Crippen molar-refractivity contribution in [2.45, 2.75) is 24.5 Å². The first-order valence-electron chi connectivity index (χ1n) is 7.51. The molecule has 0 spiro atoms. The normalized spacial score (nSPS) is 13.3. The Hall–Kier alpha value is -2.98. The number of carbonyl (C=O) groups excluding carboxylic acids is 1. The van der Waals surface area contributed by atoms with Crippen LogP contribution in [0.2, 0.25) is 0 Å². The molecule has 0 radical (unpaired) electrons. The third-order valence-corrected chi connectivity index (χ3v) is 4.79. The number of nitrogens with two attached hydrogens (primary N) is 1. The number of benzene rings is 1. The van der Waals surface area contributed by atoms with Gasteiger partial charge in [0.1, 0.15) is 15.6 Å². The van der Waals surface area contributed by atoms with Gasteiger partial charge in [-0.2, -0.15) is 48.3 Å². The van der Waals surface area contributed by atoms with Crippen molar-refractivity contribution in [3.63, 3.8) is 0 Å². The maximum atomic E-state index is 13.7. The standard InChI is InChI=1S/C15H5F11N2O3S/c16-12(17,15(24,25)26)8-7(11(30)31)32-10(28-8)6-4(9(27)29)1-3(13(18,19)20)2-5(6)14(21,22)23/h1-2H,(H2,27,29)(H,30,31). The van der Waals surface area contributed by atoms with E-state index in [-0.39, 0.29) is 6.07 Å². The summed E-state index contributed by atoms with van der Waals surface area (Å²) in [6.45, 7) is 0. The second-order valence-corrected chi connectivity index (χ2v) is 6.88. The van der Waals surface area contributed by atoms with E-state index in [4.69, 9.17) is 10.8 Å². The number of hydrogen-bond donors (Lipinski definition) is 2. The minimum Gasteiger partial charge on any atom is -0.477 e. The van der Waals surface area contributed by atoms with Gasteiger partial charge < -0.3 is 10.8 Å². The highest BCUT2D eigenvalue weighted by molar-refractivity contribution is 7.17. The number of aromatic nitrogens is 1. The van der Waals surface area contributed by atoms with Crippen molar-refractivity contribution in [1.82, 2.24) is 4.98 Å². The lowest BCUT2D eigenvalue weighted by Crippen LogP contribution is -2.35. The third-order valence-electron chi connectivity index (χ3n) is 3.73. The van der Waals surface area contributed by atoms with Gasteiger partial charge in [-0.25, -0.2) is 9.78 Å². The molecule has 5 nitrogen and oxygen atoms in total. The summed E-state index contributed by atoms with van der Waals surface area (Å²) in [5.74, 6) is -10.4. The van der Waals surface area contributed by atoms with E-state index in [1.807, 2.05) is 0 Å². The molecular formula is C15H5F11N2O3S. The molecule has 0 unspecified atom stereocenters. The molecule has 0 aliphatic heterocycles. The molecule has 0 aliphatic rings. The Morgan fingerprint density at radius 3 is 1.81 bits per heavy atom. The number of rotatable bonds is 4. The van der Waals surface area contributed by atoms with E-state index in [0.29, 0.717) is 0 Å². The van der Waals surface area contributed by atoms with Crippen molar-refractivity contribution in [3.05, 3.63) is 39.4 Å². The largest absolute Gasteiger partial charge is 0.477 e. The number of nitrogens with zero attached hydrogens (tertiary/aromatic N) is 1. The highest BCUT2D eigenvalue weighted by Gasteiger charge is 2.62. The molecule has 17 heteroatoms. The van der Waals surface area contributed by atoms with Crippen LogP contribution in [0, 0.1) is 0 Å². The Morgan fingerprint density at radius 1 is 0.906 bits per heavy atom. The number of aromatic carboxylic acids is 1. The fourth-order valence-electron chi connectivity index (χ4n) is 2.37. The summed E-state index contributed by atoms with van der Waals surface area (Å²) >= 11 is -0.641. The molecule has 1 aromatic carbocycles. The van der Waals surface area contributed by atoms with Gasteiger partial charge in [-0.05, 0) is 12.1 Å². The van der Waals surface area contributed by atoms with Crippen molar-refractivity contribution < 1.29 is 63.0 Å². The van der Waals surface area contributed by atoms with Crippen LogP contribution in [0.1, 0.15) is 36.9 Å². The van der Waals surface area contributed by atoms with Crippen molar-refractivity contribution in [2.75, 3.05) is 0 Å². The molecule has 1 amide bonds. The van der Waals surface area contributed by atoms with Crippen LogP contribution >= 0.6 is 11.3 Å². The second kappa shape index (κ2) is 7.56. The lowest BCUT2D eigenvalue weighted by molar-refractivity contribution is -0.290. The second-order valence-electron chi connectivity index (χ2n) is 5.88. The highest BCUT2D eigenvalue weighted by Crippen LogP contribution is 2.49. The fourth-order valence-corrected chi connectivity index (χ4v) is 3.38. The maximum absolute atomic E-state index is 13.7. The molecule has 2 aromatic rings. The summed E-state index contributed by atoms with van der Waals surface area (Å²) in [7, 11) is 0. The average molecular weight is 502 g/mol. The van der Waals surface area contributed by atoms with Crippen LogP contribution in [0.15, 0.2) is 12.1 Å². The van der Waals surface area contributed by atoms with Crippen LogP contribution in [-0.4, -0.2) is 28.1 Å². The van der Waals surface area contributed by atoms with Gasteiger partial charge in [-0.3, -0.25) is 4.79 Å². The van der Waals surface area contributed by atoms with Gasteiger partial charge in [0.15, 0.2) is 0 Å². The lowest BCUT2D eigenvalue weighted by Gasteiger charge is -2.18. The molecule has 1 aromatic heterocycles. The Balaban J connectivity index is 3.02. The molecule has 0 atom stereocenters. The molecule has 0 fully saturated rings. The van der Waals surface area contributed by atoms with E-state index >= 15 is 0 Å². The first kappa shape index (κ1) is 25.3. The number of halogens is 11. The van der Waals surface area contributed by atoms with E-state index in [0.717, 1.165) is 0 Å². The minimum atomic E-state index is -6.43. The third kappa shape index (κ3) is 4.46. The van der Waals surface area contributed by atoms with Crippen LogP contribution in [0.4, 0.5) is 48.3 Å². The summed E-state index contributed by atoms with van der Waals surface area (Å²) in [5.41, 5.74) is -5.34.